The number of carbonyl (C=O) groups excluding carboxylic acids is 2. The summed E-state index contributed by atoms with van der Waals surface area (Å²) in [5, 5.41) is 17.4. The van der Waals surface area contributed by atoms with Crippen LogP contribution >= 0.6 is 0 Å². The fourth-order valence-corrected chi connectivity index (χ4v) is 5.67. The maximum Gasteiger partial charge on any atom is 0.143 e. The first kappa shape index (κ1) is 30.8. The number of halogens is 2. The molecule has 1 aliphatic carbocycles. The van der Waals surface area contributed by atoms with Crippen LogP contribution in [0.3, 0.4) is 0 Å². The monoisotopic (exact) mass is 600 g/mol. The number of ether oxygens (including phenoxy) is 2. The molecule has 4 aromatic rings. The van der Waals surface area contributed by atoms with Crippen LogP contribution in [0.25, 0.3) is 0 Å². The van der Waals surface area contributed by atoms with Crippen molar-refractivity contribution in [3.05, 3.63) is 106 Å². The summed E-state index contributed by atoms with van der Waals surface area (Å²) in [7, 11) is 2.99. The fraction of sp³-hybridized carbons (Fsp3) is 0.353. The minimum absolute atomic E-state index is 0.0500. The van der Waals surface area contributed by atoms with Crippen molar-refractivity contribution in [1.29, 1.82) is 0 Å². The van der Waals surface area contributed by atoms with Crippen molar-refractivity contribution >= 4 is 11.6 Å². The molecule has 0 unspecified atom stereocenters. The van der Waals surface area contributed by atoms with E-state index in [2.05, 4.69) is 20.4 Å². The number of methoxy groups -OCH3 is 2. The molecule has 228 valence electrons. The molecule has 0 amide bonds. The molecule has 5 rings (SSSR count). The van der Waals surface area contributed by atoms with Gasteiger partial charge in [0.1, 0.15) is 34.7 Å². The van der Waals surface area contributed by atoms with Gasteiger partial charge in [-0.05, 0) is 91.1 Å². The Labute approximate surface area is 254 Å². The largest absolute Gasteiger partial charge is 0.497 e. The molecule has 0 radical (unpaired) electrons. The zero-order valence-corrected chi connectivity index (χ0v) is 24.8. The Morgan fingerprint density at radius 2 is 1.11 bits per heavy atom. The van der Waals surface area contributed by atoms with Crippen molar-refractivity contribution in [1.82, 2.24) is 20.4 Å². The summed E-state index contributed by atoms with van der Waals surface area (Å²) in [5.74, 6) is 0.179. The lowest BCUT2D eigenvalue weighted by molar-refractivity contribution is -0.118. The second kappa shape index (κ2) is 14.2. The van der Waals surface area contributed by atoms with Crippen LogP contribution in [-0.4, -0.2) is 46.2 Å². The van der Waals surface area contributed by atoms with Gasteiger partial charge in [0.15, 0.2) is 0 Å². The lowest BCUT2D eigenvalue weighted by atomic mass is 9.78. The van der Waals surface area contributed by atoms with E-state index in [0.29, 0.717) is 34.0 Å². The number of ketones is 2. The highest BCUT2D eigenvalue weighted by atomic mass is 19.1. The van der Waals surface area contributed by atoms with E-state index < -0.39 is 11.6 Å². The highest BCUT2D eigenvalue weighted by Gasteiger charge is 2.27. The van der Waals surface area contributed by atoms with Crippen LogP contribution in [0, 0.1) is 11.6 Å². The standard InChI is InChI=1S/C34H34F2N4O4/c1-43-29-8-10-31(35)23(17-29)15-27(41)19-25-6-12-33(39-37-25)21-4-3-5-22(14-21)34-13-7-26(38-40-34)20-28(42)16-24-18-30(44-2)9-11-32(24)36/h6-13,17-18,21-22H,3-5,14-16,19-20H2,1-2H3/t21-,22-/m0/s1. The van der Waals surface area contributed by atoms with E-state index in [1.165, 1.54) is 50.6 Å². The zero-order chi connectivity index (χ0) is 31.1. The fourth-order valence-electron chi connectivity index (χ4n) is 5.67. The van der Waals surface area contributed by atoms with Gasteiger partial charge >= 0.3 is 0 Å². The van der Waals surface area contributed by atoms with Gasteiger partial charge in [-0.1, -0.05) is 6.42 Å². The van der Waals surface area contributed by atoms with Crippen LogP contribution in [0.2, 0.25) is 0 Å². The zero-order valence-electron chi connectivity index (χ0n) is 24.8. The third kappa shape index (κ3) is 7.86. The van der Waals surface area contributed by atoms with E-state index in [1.54, 1.807) is 0 Å². The Bertz CT molecular complexity index is 1490. The summed E-state index contributed by atoms with van der Waals surface area (Å²) >= 11 is 0. The number of nitrogens with zero attached hydrogens (tertiary/aromatic N) is 4. The smallest absolute Gasteiger partial charge is 0.143 e. The molecule has 10 heteroatoms. The van der Waals surface area contributed by atoms with Crippen LogP contribution in [0.1, 0.15) is 71.4 Å². The number of rotatable bonds is 12. The first-order chi connectivity index (χ1) is 21.3. The second-order valence-electron chi connectivity index (χ2n) is 11.2. The molecule has 0 bridgehead atoms. The van der Waals surface area contributed by atoms with Crippen molar-refractivity contribution in [2.75, 3.05) is 14.2 Å². The van der Waals surface area contributed by atoms with E-state index in [9.17, 15) is 18.4 Å². The molecule has 0 saturated heterocycles. The predicted octanol–water partition coefficient (Wildman–Crippen LogP) is 5.71. The summed E-state index contributed by atoms with van der Waals surface area (Å²) < 4.78 is 38.5. The van der Waals surface area contributed by atoms with E-state index in [1.807, 2.05) is 24.3 Å². The number of benzene rings is 2. The molecule has 1 saturated carbocycles. The van der Waals surface area contributed by atoms with Crippen molar-refractivity contribution in [2.45, 2.75) is 63.2 Å². The van der Waals surface area contributed by atoms with E-state index in [4.69, 9.17) is 9.47 Å². The third-order valence-corrected chi connectivity index (χ3v) is 8.03. The molecule has 8 nitrogen and oxygen atoms in total. The maximum atomic E-state index is 14.1. The number of aromatic nitrogens is 4. The van der Waals surface area contributed by atoms with Gasteiger partial charge in [-0.2, -0.15) is 20.4 Å². The van der Waals surface area contributed by atoms with Crippen molar-refractivity contribution in [3.8, 4) is 11.5 Å². The Morgan fingerprint density at radius 1 is 0.659 bits per heavy atom. The molecule has 2 atom stereocenters. The lowest BCUT2D eigenvalue weighted by Gasteiger charge is -2.28. The first-order valence-electron chi connectivity index (χ1n) is 14.6. The molecule has 1 aliphatic rings. The van der Waals surface area contributed by atoms with Gasteiger partial charge in [0.25, 0.3) is 0 Å². The molecule has 1 fully saturated rings. The average molecular weight is 601 g/mol. The molecular weight excluding hydrogens is 566 g/mol. The minimum atomic E-state index is -0.443. The van der Waals surface area contributed by atoms with Gasteiger partial charge in [0, 0.05) is 24.7 Å². The summed E-state index contributed by atoms with van der Waals surface area (Å²) in [5.41, 5.74) is 3.39. The van der Waals surface area contributed by atoms with Gasteiger partial charge in [-0.25, -0.2) is 8.78 Å². The molecule has 0 aliphatic heterocycles. The Kier molecular flexibility index (Phi) is 9.99. The van der Waals surface area contributed by atoms with Crippen LogP contribution in [0.4, 0.5) is 8.78 Å². The highest BCUT2D eigenvalue weighted by molar-refractivity contribution is 5.83. The van der Waals surface area contributed by atoms with Crippen LogP contribution < -0.4 is 9.47 Å². The number of hydrogen-bond acceptors (Lipinski definition) is 8. The van der Waals surface area contributed by atoms with Crippen molar-refractivity contribution in [2.24, 2.45) is 0 Å². The number of Topliss-reactive ketones (excluding diaryl/α,β-unsaturated/α-hetero) is 2. The van der Waals surface area contributed by atoms with Crippen LogP contribution in [0.5, 0.6) is 11.5 Å². The molecule has 2 aromatic heterocycles. The maximum absolute atomic E-state index is 14.1. The topological polar surface area (TPSA) is 104 Å². The Morgan fingerprint density at radius 3 is 1.50 bits per heavy atom. The molecule has 2 heterocycles. The molecular formula is C34H34F2N4O4. The molecule has 0 N–H and O–H groups in total. The van der Waals surface area contributed by atoms with E-state index in [-0.39, 0.29) is 49.1 Å². The predicted molar refractivity (Wildman–Crippen MR) is 159 cm³/mol. The van der Waals surface area contributed by atoms with E-state index >= 15 is 0 Å². The Balaban J connectivity index is 1.14. The molecule has 44 heavy (non-hydrogen) atoms. The summed E-state index contributed by atoms with van der Waals surface area (Å²) in [6.45, 7) is 0. The normalized spacial score (nSPS) is 16.4. The summed E-state index contributed by atoms with van der Waals surface area (Å²) in [4.78, 5) is 25.2. The van der Waals surface area contributed by atoms with Gasteiger partial charge < -0.3 is 9.47 Å². The second-order valence-corrected chi connectivity index (χ2v) is 11.2. The SMILES string of the molecule is COc1ccc(F)c(CC(=O)Cc2ccc([C@H]3CCC[C@H](c4ccc(CC(=O)Cc5cc(OC)ccc5F)nn4)C3)nn2)c1. The highest BCUT2D eigenvalue weighted by Crippen LogP contribution is 2.39. The van der Waals surface area contributed by atoms with Gasteiger partial charge in [0.2, 0.25) is 0 Å². The van der Waals surface area contributed by atoms with Gasteiger partial charge in [-0.3, -0.25) is 9.59 Å². The quantitative estimate of drug-likeness (QED) is 0.204. The molecule has 0 spiro atoms. The minimum Gasteiger partial charge on any atom is -0.497 e. The van der Waals surface area contributed by atoms with Crippen molar-refractivity contribution in [3.63, 3.8) is 0 Å². The lowest BCUT2D eigenvalue weighted by Crippen LogP contribution is -2.17. The van der Waals surface area contributed by atoms with Crippen LogP contribution in [0.15, 0.2) is 60.7 Å². The van der Waals surface area contributed by atoms with Crippen molar-refractivity contribution < 1.29 is 27.8 Å². The molecule has 2 aromatic carbocycles. The van der Waals surface area contributed by atoms with Gasteiger partial charge in [0.05, 0.1) is 49.8 Å². The number of hydrogen-bond donors (Lipinski definition) is 0. The number of carbonyl (C=O) groups is 2. The summed E-state index contributed by atoms with van der Waals surface area (Å²) in [6, 6.07) is 16.2. The van der Waals surface area contributed by atoms with Crippen LogP contribution in [-0.2, 0) is 35.3 Å². The third-order valence-electron chi connectivity index (χ3n) is 8.03. The van der Waals surface area contributed by atoms with E-state index in [0.717, 1.165) is 37.1 Å². The van der Waals surface area contributed by atoms with Gasteiger partial charge in [-0.15, -0.1) is 0 Å². The Hall–Kier alpha value is -4.60. The summed E-state index contributed by atoms with van der Waals surface area (Å²) in [6.07, 6.45) is 3.81. The average Bonchev–Trinajstić information content (AvgIpc) is 3.04. The first-order valence-corrected chi connectivity index (χ1v) is 14.6.